The van der Waals surface area contributed by atoms with Gasteiger partial charge in [-0.05, 0) is 60.5 Å². The highest BCUT2D eigenvalue weighted by molar-refractivity contribution is 6.05. The Hall–Kier alpha value is -4.35. The second kappa shape index (κ2) is 11.0. The average molecular weight is 533 g/mol. The molecule has 1 saturated heterocycles. The number of aromatic nitrogens is 1. The lowest BCUT2D eigenvalue weighted by Gasteiger charge is -2.20. The first-order chi connectivity index (χ1) is 18.1. The van der Waals surface area contributed by atoms with Crippen LogP contribution in [-0.4, -0.2) is 42.7 Å². The summed E-state index contributed by atoms with van der Waals surface area (Å²) in [6.07, 6.45) is 0.952. The number of nitrogens with one attached hydrogen (secondary N) is 1. The second-order valence-electron chi connectivity index (χ2n) is 8.52. The average Bonchev–Trinajstić information content (AvgIpc) is 3.19. The summed E-state index contributed by atoms with van der Waals surface area (Å²) in [4.78, 5) is 40.6. The van der Waals surface area contributed by atoms with Gasteiger partial charge in [0.15, 0.2) is 0 Å². The van der Waals surface area contributed by atoms with Gasteiger partial charge in [0.1, 0.15) is 23.2 Å². The van der Waals surface area contributed by atoms with Crippen LogP contribution < -0.4 is 25.2 Å². The molecule has 1 aliphatic rings. The van der Waals surface area contributed by atoms with Crippen molar-refractivity contribution in [3.63, 3.8) is 0 Å². The topological polar surface area (TPSA) is 89.9 Å². The fourth-order valence-corrected chi connectivity index (χ4v) is 4.37. The summed E-state index contributed by atoms with van der Waals surface area (Å²) in [5, 5.41) is 2.65. The van der Waals surface area contributed by atoms with Gasteiger partial charge in [-0.1, -0.05) is 12.1 Å². The maximum atomic E-state index is 13.6. The van der Waals surface area contributed by atoms with Crippen LogP contribution >= 0.6 is 0 Å². The van der Waals surface area contributed by atoms with E-state index >= 15 is 0 Å². The van der Waals surface area contributed by atoms with Crippen molar-refractivity contribution in [1.82, 2.24) is 9.88 Å². The first-order valence-corrected chi connectivity index (χ1v) is 11.4. The summed E-state index contributed by atoms with van der Waals surface area (Å²) in [5.74, 6) is -1.59. The molecule has 12 heteroatoms. The Morgan fingerprint density at radius 2 is 1.61 bits per heavy atom. The zero-order valence-electron chi connectivity index (χ0n) is 20.2. The predicted octanol–water partition coefficient (Wildman–Crippen LogP) is 4.09. The summed E-state index contributed by atoms with van der Waals surface area (Å²) < 4.78 is 61.4. The number of pyridine rings is 1. The zero-order chi connectivity index (χ0) is 27.6. The normalized spacial score (nSPS) is 17.3. The largest absolute Gasteiger partial charge is 0.497 e. The Balaban J connectivity index is 1.69. The van der Waals surface area contributed by atoms with Gasteiger partial charge in [-0.15, -0.1) is 0 Å². The van der Waals surface area contributed by atoms with Gasteiger partial charge in [0.05, 0.1) is 7.11 Å². The molecule has 200 valence electrons. The van der Waals surface area contributed by atoms with Gasteiger partial charge in [-0.2, -0.15) is 17.6 Å². The molecule has 1 unspecified atom stereocenters. The minimum atomic E-state index is -3.11. The van der Waals surface area contributed by atoms with Crippen LogP contribution in [-0.2, 0) is 4.79 Å². The Labute approximate surface area is 214 Å². The summed E-state index contributed by atoms with van der Waals surface area (Å²) in [5.41, 5.74) is -0.224. The first kappa shape index (κ1) is 26.7. The van der Waals surface area contributed by atoms with E-state index in [2.05, 4.69) is 10.1 Å². The van der Waals surface area contributed by atoms with Crippen molar-refractivity contribution in [2.75, 3.05) is 18.6 Å². The maximum absolute atomic E-state index is 13.6. The van der Waals surface area contributed by atoms with Crippen molar-refractivity contribution in [2.24, 2.45) is 0 Å². The number of alkyl halides is 4. The highest BCUT2D eigenvalue weighted by Gasteiger charge is 2.44. The van der Waals surface area contributed by atoms with Gasteiger partial charge >= 0.3 is 13.2 Å². The second-order valence-corrected chi connectivity index (χ2v) is 8.52. The predicted molar refractivity (Wildman–Crippen MR) is 129 cm³/mol. The van der Waals surface area contributed by atoms with E-state index in [0.717, 1.165) is 11.1 Å². The SMILES string of the molecule is COc1ccc([C@@H]2CN(c3c(C)ccn(C(F)F)c3=O)C(=O)C2NC(=O)c2ccc(OC(F)F)cc2)cc1. The van der Waals surface area contributed by atoms with Crippen molar-refractivity contribution < 1.29 is 36.6 Å². The van der Waals surface area contributed by atoms with E-state index in [-0.39, 0.29) is 28.1 Å². The molecule has 1 aliphatic heterocycles. The summed E-state index contributed by atoms with van der Waals surface area (Å²) in [6, 6.07) is 11.8. The molecule has 2 heterocycles. The van der Waals surface area contributed by atoms with Gasteiger partial charge in [-0.25, -0.2) is 0 Å². The zero-order valence-corrected chi connectivity index (χ0v) is 20.2. The molecule has 0 bridgehead atoms. The lowest BCUT2D eigenvalue weighted by atomic mass is 9.93. The van der Waals surface area contributed by atoms with E-state index in [1.165, 1.54) is 44.4 Å². The molecule has 0 spiro atoms. The van der Waals surface area contributed by atoms with Gasteiger partial charge in [0.25, 0.3) is 11.5 Å². The number of benzene rings is 2. The molecule has 38 heavy (non-hydrogen) atoms. The van der Waals surface area contributed by atoms with Crippen LogP contribution in [0.4, 0.5) is 23.2 Å². The van der Waals surface area contributed by atoms with Crippen LogP contribution in [0.15, 0.2) is 65.6 Å². The number of rotatable bonds is 8. The summed E-state index contributed by atoms with van der Waals surface area (Å²) >= 11 is 0. The Morgan fingerprint density at radius 3 is 2.18 bits per heavy atom. The van der Waals surface area contributed by atoms with Crippen molar-refractivity contribution in [2.45, 2.75) is 32.0 Å². The smallest absolute Gasteiger partial charge is 0.387 e. The molecular weight excluding hydrogens is 510 g/mol. The van der Waals surface area contributed by atoms with Crippen molar-refractivity contribution >= 4 is 17.5 Å². The lowest BCUT2D eigenvalue weighted by molar-refractivity contribution is -0.118. The van der Waals surface area contributed by atoms with E-state index in [9.17, 15) is 31.9 Å². The monoisotopic (exact) mass is 533 g/mol. The van der Waals surface area contributed by atoms with E-state index < -0.39 is 42.5 Å². The number of aryl methyl sites for hydroxylation is 1. The standard InChI is InChI=1S/C26H23F4N3O5/c1-14-11-12-32(25(27)28)24(36)21(14)33-13-19(15-3-7-17(37-2)8-4-15)20(23(33)35)31-22(34)16-5-9-18(10-6-16)38-26(29)30/h3-12,19-20,25-26H,13H2,1-2H3,(H,31,34)/t19-,20?/m0/s1. The fraction of sp³-hybridized carbons (Fsp3) is 0.269. The third-order valence-corrected chi connectivity index (χ3v) is 6.26. The highest BCUT2D eigenvalue weighted by atomic mass is 19.3. The number of hydrogen-bond donors (Lipinski definition) is 1. The van der Waals surface area contributed by atoms with Gasteiger partial charge in [-0.3, -0.25) is 19.0 Å². The summed E-state index contributed by atoms with van der Waals surface area (Å²) in [6.45, 7) is -4.68. The molecule has 2 amide bonds. The number of amides is 2. The van der Waals surface area contributed by atoms with Crippen LogP contribution in [0.2, 0.25) is 0 Å². The molecule has 8 nitrogen and oxygen atoms in total. The van der Waals surface area contributed by atoms with Crippen LogP contribution in [0.5, 0.6) is 11.5 Å². The molecule has 3 aromatic rings. The quantitative estimate of drug-likeness (QED) is 0.441. The molecule has 1 N–H and O–H groups in total. The van der Waals surface area contributed by atoms with Gasteiger partial charge < -0.3 is 19.7 Å². The van der Waals surface area contributed by atoms with Crippen LogP contribution in [0, 0.1) is 6.92 Å². The molecule has 0 saturated carbocycles. The number of anilines is 1. The number of hydrogen-bond acceptors (Lipinski definition) is 5. The third-order valence-electron chi connectivity index (χ3n) is 6.26. The Kier molecular flexibility index (Phi) is 7.70. The molecular formula is C26H23F4N3O5. The van der Waals surface area contributed by atoms with Crippen LogP contribution in [0.3, 0.4) is 0 Å². The Bertz CT molecular complexity index is 1380. The molecule has 2 aromatic carbocycles. The van der Waals surface area contributed by atoms with Crippen LogP contribution in [0.25, 0.3) is 0 Å². The number of carbonyl (C=O) groups excluding carboxylic acids is 2. The highest BCUT2D eigenvalue weighted by Crippen LogP contribution is 2.33. The number of carbonyl (C=O) groups is 2. The van der Waals surface area contributed by atoms with Crippen LogP contribution in [0.1, 0.15) is 34.0 Å². The van der Waals surface area contributed by atoms with Crippen molar-refractivity contribution in [1.29, 1.82) is 0 Å². The van der Waals surface area contributed by atoms with E-state index in [1.54, 1.807) is 24.3 Å². The molecule has 4 rings (SSSR count). The van der Waals surface area contributed by atoms with Crippen molar-refractivity contribution in [3.8, 4) is 11.5 Å². The minimum Gasteiger partial charge on any atom is -0.497 e. The molecule has 2 atom stereocenters. The van der Waals surface area contributed by atoms with Crippen molar-refractivity contribution in [3.05, 3.63) is 87.8 Å². The third kappa shape index (κ3) is 5.34. The molecule has 0 radical (unpaired) electrons. The fourth-order valence-electron chi connectivity index (χ4n) is 4.37. The number of nitrogens with zero attached hydrogens (tertiary/aromatic N) is 2. The number of halogens is 4. The van der Waals surface area contributed by atoms with E-state index in [0.29, 0.717) is 16.9 Å². The lowest BCUT2D eigenvalue weighted by Crippen LogP contribution is -2.44. The number of methoxy groups -OCH3 is 1. The maximum Gasteiger partial charge on any atom is 0.387 e. The Morgan fingerprint density at radius 1 is 0.974 bits per heavy atom. The minimum absolute atomic E-state index is 0.0688. The summed E-state index contributed by atoms with van der Waals surface area (Å²) in [7, 11) is 1.49. The molecule has 0 aliphatic carbocycles. The van der Waals surface area contributed by atoms with E-state index in [4.69, 9.17) is 4.74 Å². The number of ether oxygens (including phenoxy) is 2. The first-order valence-electron chi connectivity index (χ1n) is 11.4. The molecule has 1 aromatic heterocycles. The van der Waals surface area contributed by atoms with Gasteiger partial charge in [0, 0.05) is 24.2 Å². The van der Waals surface area contributed by atoms with E-state index in [1.807, 2.05) is 0 Å². The van der Waals surface area contributed by atoms with Gasteiger partial charge in [0.2, 0.25) is 5.91 Å². The molecule has 1 fully saturated rings.